The van der Waals surface area contributed by atoms with Crippen molar-refractivity contribution in [2.24, 2.45) is 0 Å². The maximum Gasteiger partial charge on any atom is 0.244 e. The average Bonchev–Trinajstić information content (AvgIpc) is 3.44. The lowest BCUT2D eigenvalue weighted by Crippen LogP contribution is -2.26. The van der Waals surface area contributed by atoms with Gasteiger partial charge in [0.05, 0.1) is 13.2 Å². The van der Waals surface area contributed by atoms with Crippen molar-refractivity contribution in [2.45, 2.75) is 39.7 Å². The molecule has 1 aliphatic rings. The molecule has 1 aliphatic carbocycles. The summed E-state index contributed by atoms with van der Waals surface area (Å²) in [5, 5.41) is 2.85. The zero-order valence-electron chi connectivity index (χ0n) is 16.3. The van der Waals surface area contributed by atoms with Crippen LogP contribution in [0.1, 0.15) is 42.8 Å². The largest absolute Gasteiger partial charge is 0.494 e. The quantitative estimate of drug-likeness (QED) is 0.537. The lowest BCUT2D eigenvalue weighted by molar-refractivity contribution is -0.116. The Balaban J connectivity index is 1.42. The molecule has 0 saturated heterocycles. The fourth-order valence-corrected chi connectivity index (χ4v) is 3.23. The first-order chi connectivity index (χ1) is 13.1. The van der Waals surface area contributed by atoms with Gasteiger partial charge in [0.15, 0.2) is 0 Å². The van der Waals surface area contributed by atoms with Crippen molar-refractivity contribution in [3.8, 4) is 11.5 Å². The van der Waals surface area contributed by atoms with Gasteiger partial charge in [-0.2, -0.15) is 0 Å². The molecule has 0 radical (unpaired) electrons. The van der Waals surface area contributed by atoms with Crippen molar-refractivity contribution in [2.75, 3.05) is 19.8 Å². The third kappa shape index (κ3) is 5.16. The van der Waals surface area contributed by atoms with Crippen LogP contribution in [0.4, 0.5) is 0 Å². The summed E-state index contributed by atoms with van der Waals surface area (Å²) in [6.45, 7) is 7.71. The van der Waals surface area contributed by atoms with Gasteiger partial charge >= 0.3 is 0 Å². The minimum absolute atomic E-state index is 0.110. The maximum atomic E-state index is 12.0. The van der Waals surface area contributed by atoms with Crippen LogP contribution in [0.2, 0.25) is 0 Å². The number of carbonyl (C=O) groups is 1. The van der Waals surface area contributed by atoms with Crippen molar-refractivity contribution < 1.29 is 14.3 Å². The van der Waals surface area contributed by atoms with E-state index in [4.69, 9.17) is 9.47 Å². The number of rotatable bonds is 9. The Morgan fingerprint density at radius 3 is 2.48 bits per heavy atom. The highest BCUT2D eigenvalue weighted by atomic mass is 16.5. The molecule has 1 N–H and O–H groups in total. The molecule has 1 fully saturated rings. The van der Waals surface area contributed by atoms with E-state index in [1.807, 2.05) is 37.3 Å². The van der Waals surface area contributed by atoms with E-state index in [1.54, 1.807) is 6.08 Å². The molecule has 5 heteroatoms. The Bertz CT molecular complexity index is 802. The van der Waals surface area contributed by atoms with Crippen LogP contribution in [0.25, 0.3) is 6.08 Å². The van der Waals surface area contributed by atoms with Crippen LogP contribution in [0.3, 0.4) is 0 Å². The molecule has 1 aromatic heterocycles. The fourth-order valence-electron chi connectivity index (χ4n) is 3.23. The highest BCUT2D eigenvalue weighted by Crippen LogP contribution is 2.38. The third-order valence-electron chi connectivity index (χ3n) is 4.65. The molecule has 2 aromatic rings. The Morgan fingerprint density at radius 2 is 1.85 bits per heavy atom. The van der Waals surface area contributed by atoms with Crippen LogP contribution in [0.5, 0.6) is 11.5 Å². The molecule has 0 bridgehead atoms. The number of aryl methyl sites for hydroxylation is 1. The van der Waals surface area contributed by atoms with Gasteiger partial charge in [0.2, 0.25) is 5.91 Å². The predicted octanol–water partition coefficient (Wildman–Crippen LogP) is 4.05. The normalized spacial score (nSPS) is 13.7. The first-order valence-corrected chi connectivity index (χ1v) is 9.58. The molecule has 0 spiro atoms. The molecule has 1 heterocycles. The molecule has 0 unspecified atom stereocenters. The van der Waals surface area contributed by atoms with Gasteiger partial charge in [-0.15, -0.1) is 0 Å². The Labute approximate surface area is 161 Å². The lowest BCUT2D eigenvalue weighted by Gasteiger charge is -2.08. The maximum absolute atomic E-state index is 12.0. The second-order valence-corrected chi connectivity index (χ2v) is 6.80. The molecule has 1 aromatic carbocycles. The average molecular weight is 368 g/mol. The minimum atomic E-state index is -0.110. The van der Waals surface area contributed by atoms with Crippen LogP contribution in [0.15, 0.2) is 36.4 Å². The summed E-state index contributed by atoms with van der Waals surface area (Å²) >= 11 is 0. The van der Waals surface area contributed by atoms with Crippen LogP contribution in [-0.2, 0) is 4.79 Å². The smallest absolute Gasteiger partial charge is 0.244 e. The van der Waals surface area contributed by atoms with Crippen LogP contribution < -0.4 is 14.8 Å². The summed E-state index contributed by atoms with van der Waals surface area (Å²) in [7, 11) is 0. The molecule has 1 saturated carbocycles. The first-order valence-electron chi connectivity index (χ1n) is 9.58. The number of aromatic nitrogens is 1. The number of ether oxygens (including phenoxy) is 2. The van der Waals surface area contributed by atoms with Crippen molar-refractivity contribution >= 4 is 12.0 Å². The topological polar surface area (TPSA) is 52.5 Å². The summed E-state index contributed by atoms with van der Waals surface area (Å²) in [4.78, 5) is 12.0. The lowest BCUT2D eigenvalue weighted by atomic mass is 10.2. The molecule has 1 amide bonds. The van der Waals surface area contributed by atoms with Crippen molar-refractivity contribution in [1.29, 1.82) is 0 Å². The number of benzene rings is 1. The van der Waals surface area contributed by atoms with E-state index in [0.29, 0.717) is 25.8 Å². The number of hydrogen-bond donors (Lipinski definition) is 1. The molecule has 144 valence electrons. The minimum Gasteiger partial charge on any atom is -0.494 e. The van der Waals surface area contributed by atoms with Gasteiger partial charge in [-0.25, -0.2) is 0 Å². The molecule has 5 nitrogen and oxygen atoms in total. The first kappa shape index (κ1) is 19.1. The van der Waals surface area contributed by atoms with Crippen LogP contribution in [-0.4, -0.2) is 30.2 Å². The van der Waals surface area contributed by atoms with E-state index in [0.717, 1.165) is 17.1 Å². The SMILES string of the molecule is CCOc1ccc(OCCNC(=O)/C=C/c2cc(C)n(C3CC3)c2C)cc1. The van der Waals surface area contributed by atoms with Gasteiger partial charge in [0.25, 0.3) is 0 Å². The Hall–Kier alpha value is -2.69. The van der Waals surface area contributed by atoms with Gasteiger partial charge in [-0.1, -0.05) is 0 Å². The number of amides is 1. The van der Waals surface area contributed by atoms with E-state index >= 15 is 0 Å². The third-order valence-corrected chi connectivity index (χ3v) is 4.65. The Morgan fingerprint density at radius 1 is 1.19 bits per heavy atom. The summed E-state index contributed by atoms with van der Waals surface area (Å²) in [5.74, 6) is 1.47. The summed E-state index contributed by atoms with van der Waals surface area (Å²) in [6.07, 6.45) is 6.00. The van der Waals surface area contributed by atoms with E-state index in [1.165, 1.54) is 24.2 Å². The molecular weight excluding hydrogens is 340 g/mol. The van der Waals surface area contributed by atoms with Crippen molar-refractivity contribution in [3.05, 3.63) is 53.4 Å². The fraction of sp³-hybridized carbons (Fsp3) is 0.409. The summed E-state index contributed by atoms with van der Waals surface area (Å²) in [5.41, 5.74) is 3.61. The second-order valence-electron chi connectivity index (χ2n) is 6.80. The number of hydrogen-bond acceptors (Lipinski definition) is 3. The highest BCUT2D eigenvalue weighted by molar-refractivity contribution is 5.91. The van der Waals surface area contributed by atoms with Crippen molar-refractivity contribution in [3.63, 3.8) is 0 Å². The number of nitrogens with one attached hydrogen (secondary N) is 1. The molecule has 0 atom stereocenters. The van der Waals surface area contributed by atoms with Gasteiger partial charge in [-0.05, 0) is 75.6 Å². The molecule has 27 heavy (non-hydrogen) atoms. The van der Waals surface area contributed by atoms with Gasteiger partial charge in [-0.3, -0.25) is 4.79 Å². The molecule has 0 aliphatic heterocycles. The predicted molar refractivity (Wildman–Crippen MR) is 107 cm³/mol. The zero-order valence-corrected chi connectivity index (χ0v) is 16.3. The Kier molecular flexibility index (Phi) is 6.22. The summed E-state index contributed by atoms with van der Waals surface area (Å²) in [6, 6.07) is 10.3. The summed E-state index contributed by atoms with van der Waals surface area (Å²) < 4.78 is 13.4. The van der Waals surface area contributed by atoms with E-state index in [-0.39, 0.29) is 5.91 Å². The van der Waals surface area contributed by atoms with Gasteiger partial charge < -0.3 is 19.4 Å². The van der Waals surface area contributed by atoms with E-state index in [9.17, 15) is 4.79 Å². The van der Waals surface area contributed by atoms with E-state index < -0.39 is 0 Å². The van der Waals surface area contributed by atoms with Crippen LogP contribution >= 0.6 is 0 Å². The number of carbonyl (C=O) groups excluding carboxylic acids is 1. The van der Waals surface area contributed by atoms with Crippen molar-refractivity contribution in [1.82, 2.24) is 9.88 Å². The van der Waals surface area contributed by atoms with E-state index in [2.05, 4.69) is 29.8 Å². The van der Waals surface area contributed by atoms with Crippen LogP contribution in [0, 0.1) is 13.8 Å². The van der Waals surface area contributed by atoms with Gasteiger partial charge in [0, 0.05) is 23.5 Å². The molecule has 3 rings (SSSR count). The standard InChI is InChI=1S/C22H28N2O3/c1-4-26-20-8-10-21(11-9-20)27-14-13-23-22(25)12-5-18-15-16(2)24(17(18)3)19-6-7-19/h5,8-12,15,19H,4,6-7,13-14H2,1-3H3,(H,23,25)/b12-5+. The zero-order chi connectivity index (χ0) is 19.2. The monoisotopic (exact) mass is 368 g/mol. The highest BCUT2D eigenvalue weighted by Gasteiger charge is 2.26. The molecular formula is C22H28N2O3. The number of nitrogens with zero attached hydrogens (tertiary/aromatic N) is 1. The second kappa shape index (κ2) is 8.80. The van der Waals surface area contributed by atoms with Gasteiger partial charge in [0.1, 0.15) is 18.1 Å².